The van der Waals surface area contributed by atoms with Crippen molar-refractivity contribution in [3.8, 4) is 0 Å². The minimum absolute atomic E-state index is 0.312. The predicted octanol–water partition coefficient (Wildman–Crippen LogP) is 4.48. The molecule has 0 bridgehead atoms. The van der Waals surface area contributed by atoms with Crippen molar-refractivity contribution in [1.82, 2.24) is 0 Å². The zero-order chi connectivity index (χ0) is 12.9. The molecule has 1 aliphatic rings. The van der Waals surface area contributed by atoms with Crippen molar-refractivity contribution < 1.29 is 9.90 Å². The monoisotopic (exact) mass is 240 g/mol. The van der Waals surface area contributed by atoms with Gasteiger partial charge >= 0.3 is 5.97 Å². The van der Waals surface area contributed by atoms with Gasteiger partial charge in [0.15, 0.2) is 0 Å². The van der Waals surface area contributed by atoms with E-state index in [1.807, 2.05) is 0 Å². The number of hydrogen-bond acceptors (Lipinski definition) is 1. The second kappa shape index (κ2) is 6.42. The van der Waals surface area contributed by atoms with Crippen LogP contribution in [0.3, 0.4) is 0 Å². The van der Waals surface area contributed by atoms with Gasteiger partial charge in [-0.3, -0.25) is 4.79 Å². The fraction of sp³-hybridized carbons (Fsp3) is 0.933. The number of carbonyl (C=O) groups is 1. The first-order chi connectivity index (χ1) is 8.06. The molecule has 100 valence electrons. The summed E-state index contributed by atoms with van der Waals surface area (Å²) in [6.07, 6.45) is 8.86. The summed E-state index contributed by atoms with van der Waals surface area (Å²) in [5, 5.41) is 9.55. The van der Waals surface area contributed by atoms with E-state index in [0.29, 0.717) is 5.92 Å². The van der Waals surface area contributed by atoms with Gasteiger partial charge in [-0.25, -0.2) is 0 Å². The van der Waals surface area contributed by atoms with E-state index in [-0.39, 0.29) is 0 Å². The minimum atomic E-state index is -0.555. The van der Waals surface area contributed by atoms with Crippen LogP contribution >= 0.6 is 0 Å². The SMILES string of the molecule is CCCCC1CCC(C(=O)O)(C(C)CC)CC1. The maximum Gasteiger partial charge on any atom is 0.309 e. The molecule has 2 nitrogen and oxygen atoms in total. The van der Waals surface area contributed by atoms with Gasteiger partial charge in [0.05, 0.1) is 5.41 Å². The Morgan fingerprint density at radius 2 is 1.94 bits per heavy atom. The van der Waals surface area contributed by atoms with E-state index in [9.17, 15) is 9.90 Å². The highest BCUT2D eigenvalue weighted by Crippen LogP contribution is 2.46. The first-order valence-corrected chi connectivity index (χ1v) is 7.30. The van der Waals surface area contributed by atoms with Gasteiger partial charge in [-0.05, 0) is 37.5 Å². The maximum atomic E-state index is 11.6. The van der Waals surface area contributed by atoms with Crippen LogP contribution in [0.4, 0.5) is 0 Å². The van der Waals surface area contributed by atoms with Crippen molar-refractivity contribution in [3.63, 3.8) is 0 Å². The molecule has 0 radical (unpaired) electrons. The standard InChI is InChI=1S/C15H28O2/c1-4-6-7-13-8-10-15(11-9-13,14(16)17)12(3)5-2/h12-13H,4-11H2,1-3H3,(H,16,17). The lowest BCUT2D eigenvalue weighted by Gasteiger charge is -2.41. The molecule has 0 amide bonds. The summed E-state index contributed by atoms with van der Waals surface area (Å²) >= 11 is 0. The number of unbranched alkanes of at least 4 members (excludes halogenated alkanes) is 1. The molecule has 0 aromatic heterocycles. The third-order valence-corrected chi connectivity index (χ3v) is 4.94. The predicted molar refractivity (Wildman–Crippen MR) is 71.0 cm³/mol. The van der Waals surface area contributed by atoms with Crippen LogP contribution in [-0.2, 0) is 4.79 Å². The summed E-state index contributed by atoms with van der Waals surface area (Å²) in [6.45, 7) is 6.45. The molecule has 0 saturated heterocycles. The highest BCUT2D eigenvalue weighted by atomic mass is 16.4. The summed E-state index contributed by atoms with van der Waals surface area (Å²) in [6, 6.07) is 0. The van der Waals surface area contributed by atoms with Crippen molar-refractivity contribution in [1.29, 1.82) is 0 Å². The van der Waals surface area contributed by atoms with Crippen molar-refractivity contribution in [2.24, 2.45) is 17.3 Å². The molecule has 0 aliphatic heterocycles. The fourth-order valence-corrected chi connectivity index (χ4v) is 3.28. The summed E-state index contributed by atoms with van der Waals surface area (Å²) in [5.41, 5.74) is -0.419. The molecule has 0 spiro atoms. The van der Waals surface area contributed by atoms with Gasteiger partial charge in [0.1, 0.15) is 0 Å². The van der Waals surface area contributed by atoms with Crippen LogP contribution in [0.5, 0.6) is 0 Å². The Bertz CT molecular complexity index is 239. The second-order valence-corrected chi connectivity index (χ2v) is 5.86. The second-order valence-electron chi connectivity index (χ2n) is 5.86. The van der Waals surface area contributed by atoms with Crippen LogP contribution in [0.1, 0.15) is 72.1 Å². The molecule has 17 heavy (non-hydrogen) atoms. The fourth-order valence-electron chi connectivity index (χ4n) is 3.28. The zero-order valence-electron chi connectivity index (χ0n) is 11.7. The zero-order valence-corrected chi connectivity index (χ0v) is 11.7. The highest BCUT2D eigenvalue weighted by molar-refractivity contribution is 5.75. The molecule has 1 saturated carbocycles. The van der Waals surface area contributed by atoms with Crippen molar-refractivity contribution in [3.05, 3.63) is 0 Å². The van der Waals surface area contributed by atoms with Gasteiger partial charge in [0.25, 0.3) is 0 Å². The number of aliphatic carboxylic acids is 1. The first-order valence-electron chi connectivity index (χ1n) is 7.30. The Labute approximate surface area is 106 Å². The van der Waals surface area contributed by atoms with Crippen LogP contribution in [0, 0.1) is 17.3 Å². The number of carboxylic acids is 1. The Morgan fingerprint density at radius 3 is 2.35 bits per heavy atom. The lowest BCUT2D eigenvalue weighted by Crippen LogP contribution is -2.40. The lowest BCUT2D eigenvalue weighted by molar-refractivity contribution is -0.156. The van der Waals surface area contributed by atoms with E-state index in [1.54, 1.807) is 0 Å². The van der Waals surface area contributed by atoms with Crippen molar-refractivity contribution >= 4 is 5.97 Å². The Morgan fingerprint density at radius 1 is 1.35 bits per heavy atom. The molecule has 1 N–H and O–H groups in total. The van der Waals surface area contributed by atoms with E-state index in [1.165, 1.54) is 19.3 Å². The average molecular weight is 240 g/mol. The van der Waals surface area contributed by atoms with Crippen LogP contribution in [0.2, 0.25) is 0 Å². The molecular weight excluding hydrogens is 212 g/mol. The molecule has 1 fully saturated rings. The third-order valence-electron chi connectivity index (χ3n) is 4.94. The molecule has 1 unspecified atom stereocenters. The van der Waals surface area contributed by atoms with Crippen molar-refractivity contribution in [2.45, 2.75) is 72.1 Å². The smallest absolute Gasteiger partial charge is 0.309 e. The molecule has 0 heterocycles. The normalized spacial score (nSPS) is 31.1. The van der Waals surface area contributed by atoms with Crippen LogP contribution in [0.15, 0.2) is 0 Å². The summed E-state index contributed by atoms with van der Waals surface area (Å²) in [4.78, 5) is 11.6. The third kappa shape index (κ3) is 3.23. The quantitative estimate of drug-likeness (QED) is 0.743. The highest BCUT2D eigenvalue weighted by Gasteiger charge is 2.45. The summed E-state index contributed by atoms with van der Waals surface area (Å²) in [7, 11) is 0. The van der Waals surface area contributed by atoms with Gasteiger partial charge in [0, 0.05) is 0 Å². The average Bonchev–Trinajstić information content (AvgIpc) is 2.35. The van der Waals surface area contributed by atoms with E-state index >= 15 is 0 Å². The number of rotatable bonds is 6. The van der Waals surface area contributed by atoms with Crippen LogP contribution in [-0.4, -0.2) is 11.1 Å². The van der Waals surface area contributed by atoms with Gasteiger partial charge in [0.2, 0.25) is 0 Å². The van der Waals surface area contributed by atoms with Gasteiger partial charge in [-0.2, -0.15) is 0 Å². The minimum Gasteiger partial charge on any atom is -0.481 e. The molecule has 0 aromatic carbocycles. The Hall–Kier alpha value is -0.530. The lowest BCUT2D eigenvalue weighted by atomic mass is 9.63. The maximum absolute atomic E-state index is 11.6. The summed E-state index contributed by atoms with van der Waals surface area (Å²) < 4.78 is 0. The number of carboxylic acid groups (broad SMARTS) is 1. The van der Waals surface area contributed by atoms with Gasteiger partial charge in [-0.15, -0.1) is 0 Å². The van der Waals surface area contributed by atoms with Gasteiger partial charge < -0.3 is 5.11 Å². The van der Waals surface area contributed by atoms with E-state index < -0.39 is 11.4 Å². The molecule has 1 atom stereocenters. The molecular formula is C15H28O2. The van der Waals surface area contributed by atoms with E-state index in [4.69, 9.17) is 0 Å². The van der Waals surface area contributed by atoms with Crippen LogP contribution in [0.25, 0.3) is 0 Å². The summed E-state index contributed by atoms with van der Waals surface area (Å²) in [5.74, 6) is 0.541. The Balaban J connectivity index is 2.58. The topological polar surface area (TPSA) is 37.3 Å². The van der Waals surface area contributed by atoms with E-state index in [0.717, 1.165) is 38.0 Å². The van der Waals surface area contributed by atoms with Crippen LogP contribution < -0.4 is 0 Å². The molecule has 1 aliphatic carbocycles. The number of hydrogen-bond donors (Lipinski definition) is 1. The van der Waals surface area contributed by atoms with Gasteiger partial charge in [-0.1, -0.05) is 46.5 Å². The first kappa shape index (κ1) is 14.5. The van der Waals surface area contributed by atoms with E-state index in [2.05, 4.69) is 20.8 Å². The molecule has 2 heteroatoms. The van der Waals surface area contributed by atoms with Crippen molar-refractivity contribution in [2.75, 3.05) is 0 Å². The molecule has 1 rings (SSSR count). The largest absolute Gasteiger partial charge is 0.481 e. The molecule has 0 aromatic rings. The Kier molecular flexibility index (Phi) is 5.48.